The van der Waals surface area contributed by atoms with E-state index in [2.05, 4.69) is 9.88 Å². The zero-order chi connectivity index (χ0) is 25.4. The van der Waals surface area contributed by atoms with Gasteiger partial charge in [-0.05, 0) is 74.2 Å². The molecule has 9 heteroatoms. The number of ketones is 1. The van der Waals surface area contributed by atoms with Gasteiger partial charge in [-0.3, -0.25) is 9.59 Å². The van der Waals surface area contributed by atoms with Crippen molar-refractivity contribution in [3.05, 3.63) is 68.3 Å². The van der Waals surface area contributed by atoms with Gasteiger partial charge in [0.1, 0.15) is 11.6 Å². The number of carbonyl (C=O) groups is 2. The van der Waals surface area contributed by atoms with Crippen LogP contribution in [0.3, 0.4) is 0 Å². The van der Waals surface area contributed by atoms with Crippen molar-refractivity contribution in [3.63, 3.8) is 0 Å². The van der Waals surface area contributed by atoms with Crippen LogP contribution in [0.1, 0.15) is 65.1 Å². The summed E-state index contributed by atoms with van der Waals surface area (Å²) >= 11 is 13.6. The Balaban J connectivity index is 1.54. The molecule has 2 aromatic carbocycles. The summed E-state index contributed by atoms with van der Waals surface area (Å²) in [6.45, 7) is 1.83. The Kier molecular flexibility index (Phi) is 7.06. The maximum Gasteiger partial charge on any atom is 0.261 e. The second-order valence-electron chi connectivity index (χ2n) is 9.04. The van der Waals surface area contributed by atoms with Gasteiger partial charge in [-0.1, -0.05) is 30.1 Å². The molecule has 2 aromatic heterocycles. The number of Topliss-reactive ketones (excluding diaryl/α,β-unsaturated/α-hetero) is 1. The molecule has 1 fully saturated rings. The molecule has 0 radical (unpaired) electrons. The SMILES string of the molecule is CCC(=O)c1ccc2c(c1)nc(-c1cc(Cl)ccc1O)n2[C@H]1CCC[C@@H](NC(=O)c2ccc(Cl)s2)C1. The number of phenolic OH excluding ortho intramolecular Hbond substituents is 1. The van der Waals surface area contributed by atoms with E-state index < -0.39 is 0 Å². The van der Waals surface area contributed by atoms with Crippen molar-refractivity contribution in [1.82, 2.24) is 14.9 Å². The fourth-order valence-electron chi connectivity index (χ4n) is 4.95. The molecule has 36 heavy (non-hydrogen) atoms. The van der Waals surface area contributed by atoms with Gasteiger partial charge in [0.15, 0.2) is 5.78 Å². The van der Waals surface area contributed by atoms with E-state index in [1.165, 1.54) is 11.3 Å². The molecule has 0 aliphatic heterocycles. The van der Waals surface area contributed by atoms with Gasteiger partial charge in [-0.15, -0.1) is 11.3 Å². The maximum atomic E-state index is 12.8. The topological polar surface area (TPSA) is 84.2 Å². The van der Waals surface area contributed by atoms with E-state index in [0.717, 1.165) is 24.8 Å². The predicted molar refractivity (Wildman–Crippen MR) is 145 cm³/mol. The Bertz CT molecular complexity index is 1460. The number of fused-ring (bicyclic) bond motifs is 1. The third-order valence-electron chi connectivity index (χ3n) is 6.68. The standard InChI is InChI=1S/C27H25Cl2N3O3S/c1-2-22(33)15-6-8-21-20(12-15)31-26(19-13-16(28)7-9-23(19)34)32(21)18-5-3-4-17(14-18)30-27(35)24-10-11-25(29)36-24/h6-13,17-18,34H,2-5,14H2,1H3,(H,30,35)/t17-,18+/m1/s1. The second kappa shape index (κ2) is 10.2. The van der Waals surface area contributed by atoms with E-state index in [9.17, 15) is 14.7 Å². The third-order valence-corrected chi connectivity index (χ3v) is 8.14. The van der Waals surface area contributed by atoms with Crippen LogP contribution in [0.25, 0.3) is 22.4 Å². The number of amides is 1. The molecule has 0 unspecified atom stereocenters. The fraction of sp³-hybridized carbons (Fsp3) is 0.296. The summed E-state index contributed by atoms with van der Waals surface area (Å²) in [6, 6.07) is 13.9. The highest BCUT2D eigenvalue weighted by molar-refractivity contribution is 7.18. The van der Waals surface area contributed by atoms with Crippen molar-refractivity contribution in [3.8, 4) is 17.1 Å². The zero-order valence-corrected chi connectivity index (χ0v) is 22.0. The third kappa shape index (κ3) is 4.88. The van der Waals surface area contributed by atoms with Crippen molar-refractivity contribution in [2.24, 2.45) is 0 Å². The molecule has 1 amide bonds. The van der Waals surface area contributed by atoms with E-state index in [4.69, 9.17) is 28.2 Å². The van der Waals surface area contributed by atoms with Crippen LogP contribution in [0.15, 0.2) is 48.5 Å². The lowest BCUT2D eigenvalue weighted by molar-refractivity contribution is 0.0924. The van der Waals surface area contributed by atoms with E-state index in [0.29, 0.717) is 49.5 Å². The number of carbonyl (C=O) groups excluding carboxylic acids is 2. The molecule has 1 saturated carbocycles. The van der Waals surface area contributed by atoms with Crippen molar-refractivity contribution >= 4 is 57.3 Å². The monoisotopic (exact) mass is 541 g/mol. The molecule has 1 aliphatic rings. The van der Waals surface area contributed by atoms with E-state index in [1.807, 2.05) is 25.1 Å². The van der Waals surface area contributed by atoms with Crippen LogP contribution in [0, 0.1) is 0 Å². The normalized spacial score (nSPS) is 17.9. The first kappa shape index (κ1) is 24.8. The minimum atomic E-state index is -0.122. The Hall–Kier alpha value is -2.87. The van der Waals surface area contributed by atoms with Gasteiger partial charge in [-0.25, -0.2) is 4.98 Å². The fourth-order valence-corrected chi connectivity index (χ4v) is 6.06. The number of benzene rings is 2. The number of aromatic nitrogens is 2. The number of nitrogens with zero attached hydrogens (tertiary/aromatic N) is 2. The smallest absolute Gasteiger partial charge is 0.261 e. The maximum absolute atomic E-state index is 12.8. The number of halogens is 2. The Labute approximate surface area is 222 Å². The quantitative estimate of drug-likeness (QED) is 0.251. The Morgan fingerprint density at radius 3 is 2.72 bits per heavy atom. The van der Waals surface area contributed by atoms with Crippen LogP contribution < -0.4 is 5.32 Å². The minimum absolute atomic E-state index is 0.0173. The number of imidazole rings is 1. The summed E-state index contributed by atoms with van der Waals surface area (Å²) in [7, 11) is 0. The summed E-state index contributed by atoms with van der Waals surface area (Å²) in [4.78, 5) is 30.6. The van der Waals surface area contributed by atoms with Crippen molar-refractivity contribution in [2.75, 3.05) is 0 Å². The molecule has 4 aromatic rings. The lowest BCUT2D eigenvalue weighted by Crippen LogP contribution is -2.38. The van der Waals surface area contributed by atoms with E-state index in [1.54, 1.807) is 30.3 Å². The number of rotatable bonds is 6. The molecular formula is C27H25Cl2N3O3S. The highest BCUT2D eigenvalue weighted by Crippen LogP contribution is 2.39. The molecule has 0 bridgehead atoms. The molecule has 0 spiro atoms. The first-order valence-corrected chi connectivity index (χ1v) is 13.5. The molecule has 1 aliphatic carbocycles. The molecule has 0 saturated heterocycles. The number of phenols is 1. The molecule has 6 nitrogen and oxygen atoms in total. The van der Waals surface area contributed by atoms with Gasteiger partial charge in [0.25, 0.3) is 5.91 Å². The molecule has 2 N–H and O–H groups in total. The van der Waals surface area contributed by atoms with Crippen molar-refractivity contribution < 1.29 is 14.7 Å². The molecule has 5 rings (SSSR count). The number of nitrogens with one attached hydrogen (secondary N) is 1. The second-order valence-corrected chi connectivity index (χ2v) is 11.2. The molecule has 186 valence electrons. The molecule has 2 heterocycles. The van der Waals surface area contributed by atoms with Gasteiger partial charge < -0.3 is 15.0 Å². The lowest BCUT2D eigenvalue weighted by atomic mass is 9.90. The Morgan fingerprint density at radius 2 is 1.97 bits per heavy atom. The predicted octanol–water partition coefficient (Wildman–Crippen LogP) is 7.28. The number of thiophene rings is 1. The molecular weight excluding hydrogens is 517 g/mol. The average molecular weight is 542 g/mol. The summed E-state index contributed by atoms with van der Waals surface area (Å²) in [6.07, 6.45) is 3.81. The Morgan fingerprint density at radius 1 is 1.14 bits per heavy atom. The van der Waals surface area contributed by atoms with Crippen LogP contribution >= 0.6 is 34.5 Å². The van der Waals surface area contributed by atoms with Crippen LogP contribution in [0.4, 0.5) is 0 Å². The summed E-state index contributed by atoms with van der Waals surface area (Å²) in [5, 5.41) is 14.3. The van der Waals surface area contributed by atoms with Crippen molar-refractivity contribution in [2.45, 2.75) is 51.1 Å². The van der Waals surface area contributed by atoms with Gasteiger partial charge in [0, 0.05) is 29.1 Å². The first-order chi connectivity index (χ1) is 17.3. The number of hydrogen-bond acceptors (Lipinski definition) is 5. The summed E-state index contributed by atoms with van der Waals surface area (Å²) in [5.41, 5.74) is 2.70. The van der Waals surface area contributed by atoms with Crippen LogP contribution in [0.2, 0.25) is 9.36 Å². The number of hydrogen-bond donors (Lipinski definition) is 2. The molecule has 2 atom stereocenters. The highest BCUT2D eigenvalue weighted by Gasteiger charge is 2.29. The summed E-state index contributed by atoms with van der Waals surface area (Å²) < 4.78 is 2.71. The van der Waals surface area contributed by atoms with Crippen LogP contribution in [-0.2, 0) is 0 Å². The largest absolute Gasteiger partial charge is 0.507 e. The van der Waals surface area contributed by atoms with E-state index >= 15 is 0 Å². The first-order valence-electron chi connectivity index (χ1n) is 11.9. The highest BCUT2D eigenvalue weighted by atomic mass is 35.5. The number of aromatic hydroxyl groups is 1. The minimum Gasteiger partial charge on any atom is -0.507 e. The van der Waals surface area contributed by atoms with Gasteiger partial charge >= 0.3 is 0 Å². The van der Waals surface area contributed by atoms with E-state index in [-0.39, 0.29) is 29.5 Å². The van der Waals surface area contributed by atoms with Crippen molar-refractivity contribution in [1.29, 1.82) is 0 Å². The zero-order valence-electron chi connectivity index (χ0n) is 19.6. The summed E-state index contributed by atoms with van der Waals surface area (Å²) in [5.74, 6) is 0.598. The average Bonchev–Trinajstić information content (AvgIpc) is 3.48. The van der Waals surface area contributed by atoms with Gasteiger partial charge in [-0.2, -0.15) is 0 Å². The van der Waals surface area contributed by atoms with Crippen LogP contribution in [-0.4, -0.2) is 32.4 Å². The van der Waals surface area contributed by atoms with Gasteiger partial charge in [0.2, 0.25) is 0 Å². The van der Waals surface area contributed by atoms with Gasteiger partial charge in [0.05, 0.1) is 25.8 Å². The van der Waals surface area contributed by atoms with Crippen LogP contribution in [0.5, 0.6) is 5.75 Å². The lowest BCUT2D eigenvalue weighted by Gasteiger charge is -2.32.